The first-order valence-electron chi connectivity index (χ1n) is 6.15. The Hall–Kier alpha value is -1.70. The largest absolute Gasteiger partial charge is 0.387 e. The van der Waals surface area contributed by atoms with E-state index in [0.717, 1.165) is 21.6 Å². The molecular formula is C13H14N4OS2. The van der Waals surface area contributed by atoms with Crippen molar-refractivity contribution in [1.82, 2.24) is 9.97 Å². The zero-order valence-electron chi connectivity index (χ0n) is 10.8. The number of hydrogen-bond donors (Lipinski definition) is 3. The second-order valence-corrected chi connectivity index (χ2v) is 5.91. The van der Waals surface area contributed by atoms with Crippen molar-refractivity contribution in [3.63, 3.8) is 0 Å². The molecule has 1 atom stereocenters. The molecule has 0 amide bonds. The third-order valence-corrected chi connectivity index (χ3v) is 4.45. The molecule has 0 radical (unpaired) electrons. The van der Waals surface area contributed by atoms with Crippen molar-refractivity contribution in [3.05, 3.63) is 33.8 Å². The predicted octanol–water partition coefficient (Wildman–Crippen LogP) is 2.94. The number of aliphatic hydroxyl groups excluding tert-OH is 1. The van der Waals surface area contributed by atoms with E-state index in [0.29, 0.717) is 12.5 Å². The average Bonchev–Trinajstić information content (AvgIpc) is 3.14. The highest BCUT2D eigenvalue weighted by Gasteiger charge is 2.11. The van der Waals surface area contributed by atoms with Crippen LogP contribution in [-0.4, -0.2) is 28.7 Å². The number of nitrogens with zero attached hydrogens (tertiary/aromatic N) is 2. The molecule has 0 fully saturated rings. The molecule has 7 heteroatoms. The first kappa shape index (κ1) is 13.3. The SMILES string of the molecule is CNc1nc(NCC(O)c2ccsc2)c2ccsc2n1. The Bertz CT molecular complexity index is 696. The van der Waals surface area contributed by atoms with Gasteiger partial charge >= 0.3 is 0 Å². The lowest BCUT2D eigenvalue weighted by Crippen LogP contribution is -2.13. The highest BCUT2D eigenvalue weighted by molar-refractivity contribution is 7.16. The minimum absolute atomic E-state index is 0.418. The zero-order valence-corrected chi connectivity index (χ0v) is 12.5. The molecule has 0 aliphatic rings. The molecule has 5 nitrogen and oxygen atoms in total. The summed E-state index contributed by atoms with van der Waals surface area (Å²) in [4.78, 5) is 9.72. The van der Waals surface area contributed by atoms with Crippen molar-refractivity contribution in [2.75, 3.05) is 24.2 Å². The number of aliphatic hydroxyl groups is 1. The Balaban J connectivity index is 1.81. The van der Waals surface area contributed by atoms with Crippen molar-refractivity contribution >= 4 is 44.7 Å². The van der Waals surface area contributed by atoms with E-state index >= 15 is 0 Å². The van der Waals surface area contributed by atoms with Crippen LogP contribution in [-0.2, 0) is 0 Å². The van der Waals surface area contributed by atoms with Gasteiger partial charge in [0.1, 0.15) is 10.6 Å². The molecule has 3 rings (SSSR count). The number of hydrogen-bond acceptors (Lipinski definition) is 7. The van der Waals surface area contributed by atoms with E-state index in [-0.39, 0.29) is 0 Å². The second-order valence-electron chi connectivity index (χ2n) is 4.24. The van der Waals surface area contributed by atoms with Crippen LogP contribution in [0.3, 0.4) is 0 Å². The fourth-order valence-corrected chi connectivity index (χ4v) is 3.35. The highest BCUT2D eigenvalue weighted by atomic mass is 32.1. The Morgan fingerprint density at radius 3 is 2.95 bits per heavy atom. The van der Waals surface area contributed by atoms with Gasteiger partial charge in [-0.15, -0.1) is 11.3 Å². The first-order valence-corrected chi connectivity index (χ1v) is 7.97. The maximum atomic E-state index is 10.1. The van der Waals surface area contributed by atoms with Crippen LogP contribution in [0, 0.1) is 0 Å². The van der Waals surface area contributed by atoms with Crippen LogP contribution in [0.15, 0.2) is 28.3 Å². The van der Waals surface area contributed by atoms with Crippen LogP contribution in [0.4, 0.5) is 11.8 Å². The van der Waals surface area contributed by atoms with Gasteiger partial charge in [0.2, 0.25) is 5.95 Å². The van der Waals surface area contributed by atoms with E-state index < -0.39 is 6.10 Å². The van der Waals surface area contributed by atoms with E-state index in [1.165, 1.54) is 0 Å². The van der Waals surface area contributed by atoms with Gasteiger partial charge in [-0.1, -0.05) is 0 Å². The maximum Gasteiger partial charge on any atom is 0.225 e. The van der Waals surface area contributed by atoms with Crippen LogP contribution in [0.2, 0.25) is 0 Å². The number of rotatable bonds is 5. The smallest absolute Gasteiger partial charge is 0.225 e. The average molecular weight is 306 g/mol. The minimum atomic E-state index is -0.539. The summed E-state index contributed by atoms with van der Waals surface area (Å²) in [5, 5.41) is 23.1. The lowest BCUT2D eigenvalue weighted by molar-refractivity contribution is 0.192. The predicted molar refractivity (Wildman–Crippen MR) is 84.7 cm³/mol. The van der Waals surface area contributed by atoms with Crippen LogP contribution in [0.1, 0.15) is 11.7 Å². The molecule has 0 aromatic carbocycles. The van der Waals surface area contributed by atoms with Crippen molar-refractivity contribution in [3.8, 4) is 0 Å². The molecule has 0 saturated carbocycles. The summed E-state index contributed by atoms with van der Waals surface area (Å²) in [6.07, 6.45) is -0.539. The molecule has 1 unspecified atom stereocenters. The van der Waals surface area contributed by atoms with Crippen molar-refractivity contribution in [2.24, 2.45) is 0 Å². The Labute approximate surface area is 124 Å². The molecule has 0 saturated heterocycles. The minimum Gasteiger partial charge on any atom is -0.387 e. The van der Waals surface area contributed by atoms with Gasteiger partial charge in [0.15, 0.2) is 0 Å². The number of nitrogens with one attached hydrogen (secondary N) is 2. The van der Waals surface area contributed by atoms with Crippen molar-refractivity contribution in [2.45, 2.75) is 6.10 Å². The summed E-state index contributed by atoms with van der Waals surface area (Å²) >= 11 is 3.15. The monoisotopic (exact) mass is 306 g/mol. The molecule has 3 N–H and O–H groups in total. The number of aromatic nitrogens is 2. The van der Waals surface area contributed by atoms with Gasteiger partial charge in [-0.3, -0.25) is 0 Å². The molecule has 104 valence electrons. The normalized spacial score (nSPS) is 12.5. The fraction of sp³-hybridized carbons (Fsp3) is 0.231. The molecule has 0 aliphatic heterocycles. The Morgan fingerprint density at radius 1 is 1.30 bits per heavy atom. The molecule has 0 aliphatic carbocycles. The van der Waals surface area contributed by atoms with Crippen molar-refractivity contribution < 1.29 is 5.11 Å². The van der Waals surface area contributed by atoms with Gasteiger partial charge in [-0.25, -0.2) is 4.98 Å². The number of anilines is 2. The van der Waals surface area contributed by atoms with Gasteiger partial charge in [-0.05, 0) is 33.8 Å². The molecular weight excluding hydrogens is 292 g/mol. The maximum absolute atomic E-state index is 10.1. The van der Waals surface area contributed by atoms with E-state index in [1.54, 1.807) is 29.7 Å². The third kappa shape index (κ3) is 2.60. The summed E-state index contributed by atoms with van der Waals surface area (Å²) in [5.41, 5.74) is 0.923. The van der Waals surface area contributed by atoms with Gasteiger partial charge < -0.3 is 15.7 Å². The van der Waals surface area contributed by atoms with E-state index in [1.807, 2.05) is 28.3 Å². The Morgan fingerprint density at radius 2 is 2.20 bits per heavy atom. The number of thiophene rings is 2. The van der Waals surface area contributed by atoms with Crippen LogP contribution < -0.4 is 10.6 Å². The van der Waals surface area contributed by atoms with Gasteiger partial charge in [0.05, 0.1) is 11.5 Å². The standard InChI is InChI=1S/C13H14N4OS2/c1-14-13-16-11(9-3-5-20-12(9)17-13)15-6-10(18)8-2-4-19-7-8/h2-5,7,10,18H,6H2,1H3,(H2,14,15,16,17). The third-order valence-electron chi connectivity index (χ3n) is 2.94. The lowest BCUT2D eigenvalue weighted by Gasteiger charge is -2.12. The van der Waals surface area contributed by atoms with E-state index in [4.69, 9.17) is 0 Å². The van der Waals surface area contributed by atoms with E-state index in [9.17, 15) is 5.11 Å². The van der Waals surface area contributed by atoms with Gasteiger partial charge in [-0.2, -0.15) is 16.3 Å². The topological polar surface area (TPSA) is 70.1 Å². The van der Waals surface area contributed by atoms with Crippen molar-refractivity contribution in [1.29, 1.82) is 0 Å². The number of fused-ring (bicyclic) bond motifs is 1. The molecule has 3 heterocycles. The van der Waals surface area contributed by atoms with Crippen LogP contribution in [0.25, 0.3) is 10.2 Å². The quantitative estimate of drug-likeness (QED) is 0.676. The summed E-state index contributed by atoms with van der Waals surface area (Å²) in [6, 6.07) is 3.91. The molecule has 0 bridgehead atoms. The lowest BCUT2D eigenvalue weighted by atomic mass is 10.2. The fourth-order valence-electron chi connectivity index (χ4n) is 1.88. The summed E-state index contributed by atoms with van der Waals surface area (Å²) in [6.45, 7) is 0.418. The molecule has 0 spiro atoms. The molecule has 20 heavy (non-hydrogen) atoms. The molecule has 3 aromatic rings. The van der Waals surface area contributed by atoms with E-state index in [2.05, 4.69) is 20.6 Å². The summed E-state index contributed by atoms with van der Waals surface area (Å²) in [7, 11) is 1.79. The highest BCUT2D eigenvalue weighted by Crippen LogP contribution is 2.27. The molecule has 3 aromatic heterocycles. The van der Waals surface area contributed by atoms with Gasteiger partial charge in [0.25, 0.3) is 0 Å². The zero-order chi connectivity index (χ0) is 13.9. The summed E-state index contributed by atoms with van der Waals surface area (Å²) < 4.78 is 0. The summed E-state index contributed by atoms with van der Waals surface area (Å²) in [5.74, 6) is 1.32. The first-order chi connectivity index (χ1) is 9.78. The Kier molecular flexibility index (Phi) is 3.81. The van der Waals surface area contributed by atoms with Crippen LogP contribution in [0.5, 0.6) is 0 Å². The van der Waals surface area contributed by atoms with Crippen LogP contribution >= 0.6 is 22.7 Å². The van der Waals surface area contributed by atoms with Gasteiger partial charge in [0, 0.05) is 13.6 Å². The second kappa shape index (κ2) is 5.74.